The van der Waals surface area contributed by atoms with Crippen LogP contribution in [0.3, 0.4) is 0 Å². The molecule has 19 heavy (non-hydrogen) atoms. The zero-order valence-corrected chi connectivity index (χ0v) is 12.9. The number of nitrogens with zero attached hydrogens (tertiary/aromatic N) is 2. The van der Waals surface area contributed by atoms with Gasteiger partial charge in [-0.2, -0.15) is 0 Å². The van der Waals surface area contributed by atoms with Gasteiger partial charge in [0.15, 0.2) is 0 Å². The Kier molecular flexibility index (Phi) is 6.07. The smallest absolute Gasteiger partial charge is 0.0623 e. The summed E-state index contributed by atoms with van der Waals surface area (Å²) in [6, 6.07) is 1.33. The topological polar surface area (TPSA) is 27.7 Å². The summed E-state index contributed by atoms with van der Waals surface area (Å²) in [4.78, 5) is 5.02. The number of piperidine rings is 1. The van der Waals surface area contributed by atoms with E-state index in [1.165, 1.54) is 38.9 Å². The number of rotatable bonds is 6. The highest BCUT2D eigenvalue weighted by Crippen LogP contribution is 2.19. The van der Waals surface area contributed by atoms with Gasteiger partial charge in [0, 0.05) is 24.5 Å². The van der Waals surface area contributed by atoms with E-state index in [9.17, 15) is 0 Å². The van der Waals surface area contributed by atoms with Crippen molar-refractivity contribution in [2.45, 2.75) is 38.3 Å². The first kappa shape index (κ1) is 15.2. The van der Waals surface area contributed by atoms with Crippen LogP contribution in [0.2, 0.25) is 0 Å². The highest BCUT2D eigenvalue weighted by Gasteiger charge is 2.30. The van der Waals surface area contributed by atoms with Crippen LogP contribution in [0, 0.1) is 5.92 Å². The molecule has 0 aromatic rings. The summed E-state index contributed by atoms with van der Waals surface area (Å²) >= 11 is 0. The van der Waals surface area contributed by atoms with Crippen LogP contribution in [0.5, 0.6) is 0 Å². The van der Waals surface area contributed by atoms with Gasteiger partial charge in [0.05, 0.1) is 13.2 Å². The van der Waals surface area contributed by atoms with Crippen LogP contribution in [0.15, 0.2) is 0 Å². The van der Waals surface area contributed by atoms with Crippen LogP contribution < -0.4 is 5.32 Å². The van der Waals surface area contributed by atoms with Crippen LogP contribution >= 0.6 is 0 Å². The second kappa shape index (κ2) is 7.58. The Morgan fingerprint density at radius 2 is 2.00 bits per heavy atom. The largest absolute Gasteiger partial charge is 0.379 e. The minimum atomic E-state index is 0.564. The molecule has 0 aliphatic carbocycles. The molecule has 0 bridgehead atoms. The quantitative estimate of drug-likeness (QED) is 0.779. The van der Waals surface area contributed by atoms with Crippen molar-refractivity contribution in [1.82, 2.24) is 15.1 Å². The van der Waals surface area contributed by atoms with Crippen LogP contribution in [0.1, 0.15) is 26.2 Å². The fraction of sp³-hybridized carbons (Fsp3) is 1.00. The highest BCUT2D eigenvalue weighted by atomic mass is 16.5. The Bertz CT molecular complexity index is 254. The van der Waals surface area contributed by atoms with Crippen molar-refractivity contribution in [2.24, 2.45) is 5.92 Å². The SMILES string of the molecule is CCCNC1COCC1CN(C)C1CCN(C)CC1. The van der Waals surface area contributed by atoms with E-state index in [-0.39, 0.29) is 0 Å². The third-order valence-electron chi connectivity index (χ3n) is 4.69. The molecule has 0 amide bonds. The van der Waals surface area contributed by atoms with Gasteiger partial charge in [-0.05, 0) is 53.0 Å². The Morgan fingerprint density at radius 3 is 2.68 bits per heavy atom. The van der Waals surface area contributed by atoms with Crippen LogP contribution in [0.25, 0.3) is 0 Å². The van der Waals surface area contributed by atoms with E-state index in [4.69, 9.17) is 4.74 Å². The van der Waals surface area contributed by atoms with Crippen molar-refractivity contribution in [3.8, 4) is 0 Å². The molecule has 2 unspecified atom stereocenters. The van der Waals surface area contributed by atoms with Crippen molar-refractivity contribution in [3.05, 3.63) is 0 Å². The molecule has 0 aromatic carbocycles. The summed E-state index contributed by atoms with van der Waals surface area (Å²) in [5.41, 5.74) is 0. The van der Waals surface area contributed by atoms with Gasteiger partial charge in [-0.15, -0.1) is 0 Å². The molecule has 2 heterocycles. The molecule has 0 radical (unpaired) electrons. The predicted octanol–water partition coefficient (Wildman–Crippen LogP) is 1.03. The summed E-state index contributed by atoms with van der Waals surface area (Å²) in [6.45, 7) is 8.83. The second-order valence-corrected chi connectivity index (χ2v) is 6.33. The maximum Gasteiger partial charge on any atom is 0.0623 e. The average molecular weight is 269 g/mol. The van der Waals surface area contributed by atoms with E-state index >= 15 is 0 Å². The van der Waals surface area contributed by atoms with E-state index in [1.807, 2.05) is 0 Å². The summed E-state index contributed by atoms with van der Waals surface area (Å²) < 4.78 is 5.67. The molecule has 2 fully saturated rings. The van der Waals surface area contributed by atoms with Gasteiger partial charge in [0.25, 0.3) is 0 Å². The van der Waals surface area contributed by atoms with Crippen molar-refractivity contribution < 1.29 is 4.74 Å². The zero-order valence-electron chi connectivity index (χ0n) is 12.9. The lowest BCUT2D eigenvalue weighted by Crippen LogP contribution is -2.47. The van der Waals surface area contributed by atoms with Gasteiger partial charge in [-0.1, -0.05) is 6.92 Å². The average Bonchev–Trinajstić information content (AvgIpc) is 2.84. The summed E-state index contributed by atoms with van der Waals surface area (Å²) in [5, 5.41) is 3.64. The fourth-order valence-corrected chi connectivity index (χ4v) is 3.29. The van der Waals surface area contributed by atoms with Gasteiger partial charge in [0.2, 0.25) is 0 Å². The molecule has 2 atom stereocenters. The summed E-state index contributed by atoms with van der Waals surface area (Å²) in [7, 11) is 4.52. The second-order valence-electron chi connectivity index (χ2n) is 6.33. The number of nitrogens with one attached hydrogen (secondary N) is 1. The maximum absolute atomic E-state index is 5.67. The molecule has 0 saturated carbocycles. The van der Waals surface area contributed by atoms with Gasteiger partial charge < -0.3 is 19.9 Å². The lowest BCUT2D eigenvalue weighted by molar-refractivity contribution is 0.118. The summed E-state index contributed by atoms with van der Waals surface area (Å²) in [5.74, 6) is 0.663. The van der Waals surface area contributed by atoms with E-state index in [2.05, 4.69) is 36.1 Å². The van der Waals surface area contributed by atoms with Gasteiger partial charge in [-0.3, -0.25) is 0 Å². The molecule has 2 saturated heterocycles. The van der Waals surface area contributed by atoms with Crippen LogP contribution in [-0.2, 0) is 4.74 Å². The lowest BCUT2D eigenvalue weighted by Gasteiger charge is -2.36. The van der Waals surface area contributed by atoms with Gasteiger partial charge >= 0.3 is 0 Å². The van der Waals surface area contributed by atoms with Gasteiger partial charge in [0.1, 0.15) is 0 Å². The number of likely N-dealkylation sites (tertiary alicyclic amines) is 1. The highest BCUT2D eigenvalue weighted by molar-refractivity contribution is 4.85. The first-order valence-corrected chi connectivity index (χ1v) is 7.90. The third kappa shape index (κ3) is 4.42. The molecule has 4 heteroatoms. The van der Waals surface area contributed by atoms with E-state index in [0.717, 1.165) is 25.8 Å². The van der Waals surface area contributed by atoms with Crippen molar-refractivity contribution in [1.29, 1.82) is 0 Å². The molecular weight excluding hydrogens is 238 g/mol. The molecule has 112 valence electrons. The standard InChI is InChI=1S/C15H31N3O/c1-4-7-16-15-12-19-11-13(15)10-18(3)14-5-8-17(2)9-6-14/h13-16H,4-12H2,1-3H3. The normalized spacial score (nSPS) is 30.3. The lowest BCUT2D eigenvalue weighted by atomic mass is 9.99. The monoisotopic (exact) mass is 269 g/mol. The zero-order chi connectivity index (χ0) is 13.7. The van der Waals surface area contributed by atoms with Crippen molar-refractivity contribution in [3.63, 3.8) is 0 Å². The number of hydrogen-bond acceptors (Lipinski definition) is 4. The van der Waals surface area contributed by atoms with Crippen molar-refractivity contribution >= 4 is 0 Å². The molecular formula is C15H31N3O. The minimum absolute atomic E-state index is 0.564. The van der Waals surface area contributed by atoms with E-state index in [1.54, 1.807) is 0 Å². The fourth-order valence-electron chi connectivity index (χ4n) is 3.29. The Balaban J connectivity index is 1.75. The summed E-state index contributed by atoms with van der Waals surface area (Å²) in [6.07, 6.45) is 3.83. The molecule has 2 rings (SSSR count). The Hall–Kier alpha value is -0.160. The number of hydrogen-bond donors (Lipinski definition) is 1. The predicted molar refractivity (Wildman–Crippen MR) is 79.5 cm³/mol. The van der Waals surface area contributed by atoms with E-state index < -0.39 is 0 Å². The number of ether oxygens (including phenoxy) is 1. The van der Waals surface area contributed by atoms with E-state index in [0.29, 0.717) is 12.0 Å². The van der Waals surface area contributed by atoms with Crippen molar-refractivity contribution in [2.75, 3.05) is 53.5 Å². The Morgan fingerprint density at radius 1 is 1.26 bits per heavy atom. The molecule has 0 spiro atoms. The molecule has 2 aliphatic heterocycles. The third-order valence-corrected chi connectivity index (χ3v) is 4.69. The molecule has 4 nitrogen and oxygen atoms in total. The molecule has 0 aromatic heterocycles. The first-order chi connectivity index (χ1) is 9.20. The van der Waals surface area contributed by atoms with Crippen LogP contribution in [0.4, 0.5) is 0 Å². The van der Waals surface area contributed by atoms with Crippen LogP contribution in [-0.4, -0.2) is 75.4 Å². The first-order valence-electron chi connectivity index (χ1n) is 7.90. The molecule has 1 N–H and O–H groups in total. The minimum Gasteiger partial charge on any atom is -0.379 e. The maximum atomic E-state index is 5.67. The Labute approximate surface area is 118 Å². The van der Waals surface area contributed by atoms with Gasteiger partial charge in [-0.25, -0.2) is 0 Å². The molecule has 2 aliphatic rings.